The molecule has 3 heterocycles. The van der Waals surface area contributed by atoms with Crippen LogP contribution >= 0.6 is 0 Å². The van der Waals surface area contributed by atoms with Gasteiger partial charge in [-0.05, 0) is 44.1 Å². The number of rotatable bonds is 3. The Hall–Kier alpha value is -2.37. The predicted octanol–water partition coefficient (Wildman–Crippen LogP) is 2.54. The molecule has 2 aliphatic rings. The fourth-order valence-corrected chi connectivity index (χ4v) is 4.17. The first-order valence-electron chi connectivity index (χ1n) is 10.1. The smallest absolute Gasteiger partial charge is 0.341 e. The van der Waals surface area contributed by atoms with E-state index < -0.39 is 0 Å². The SMILES string of the molecule is Cc1ccc(Cn2nc3n(c2=O)[C@@H](C(=O)N2CCC(C)CC2)CCC3)cc1. The molecule has 6 nitrogen and oxygen atoms in total. The van der Waals surface area contributed by atoms with Crippen molar-refractivity contribution in [2.45, 2.75) is 58.5 Å². The van der Waals surface area contributed by atoms with Gasteiger partial charge in [0.2, 0.25) is 5.91 Å². The Morgan fingerprint density at radius 3 is 2.56 bits per heavy atom. The summed E-state index contributed by atoms with van der Waals surface area (Å²) in [6.07, 6.45) is 4.49. The molecule has 0 radical (unpaired) electrons. The number of aryl methyl sites for hydroxylation is 2. The van der Waals surface area contributed by atoms with Gasteiger partial charge in [-0.15, -0.1) is 0 Å². The zero-order valence-electron chi connectivity index (χ0n) is 16.2. The molecule has 1 amide bonds. The Morgan fingerprint density at radius 2 is 1.85 bits per heavy atom. The first-order valence-corrected chi connectivity index (χ1v) is 10.1. The molecular weight excluding hydrogens is 340 g/mol. The normalized spacial score (nSPS) is 20.5. The molecule has 0 spiro atoms. The third-order valence-corrected chi connectivity index (χ3v) is 5.96. The molecule has 6 heteroatoms. The number of hydrogen-bond acceptors (Lipinski definition) is 3. The van der Waals surface area contributed by atoms with Gasteiger partial charge in [-0.1, -0.05) is 36.8 Å². The molecule has 4 rings (SSSR count). The molecule has 0 unspecified atom stereocenters. The van der Waals surface area contributed by atoms with Gasteiger partial charge in [0.15, 0.2) is 0 Å². The third kappa shape index (κ3) is 3.57. The molecule has 2 aromatic rings. The van der Waals surface area contributed by atoms with E-state index in [0.29, 0.717) is 12.5 Å². The Balaban J connectivity index is 1.59. The maximum absolute atomic E-state index is 13.1. The Bertz CT molecular complexity index is 873. The van der Waals surface area contributed by atoms with Crippen molar-refractivity contribution in [2.75, 3.05) is 13.1 Å². The molecule has 1 saturated heterocycles. The van der Waals surface area contributed by atoms with Crippen molar-refractivity contribution in [3.8, 4) is 0 Å². The number of piperidine rings is 1. The Labute approximate surface area is 159 Å². The maximum Gasteiger partial charge on any atom is 0.346 e. The van der Waals surface area contributed by atoms with Crippen LogP contribution < -0.4 is 5.69 Å². The van der Waals surface area contributed by atoms with Crippen LogP contribution in [0.4, 0.5) is 0 Å². The summed E-state index contributed by atoms with van der Waals surface area (Å²) in [6, 6.07) is 7.75. The van der Waals surface area contributed by atoms with Crippen LogP contribution in [-0.4, -0.2) is 38.2 Å². The zero-order chi connectivity index (χ0) is 19.0. The van der Waals surface area contributed by atoms with Crippen molar-refractivity contribution in [1.29, 1.82) is 0 Å². The van der Waals surface area contributed by atoms with E-state index in [2.05, 4.69) is 12.0 Å². The average molecular weight is 368 g/mol. The van der Waals surface area contributed by atoms with Crippen LogP contribution in [-0.2, 0) is 17.8 Å². The number of benzene rings is 1. The molecule has 1 aromatic carbocycles. The summed E-state index contributed by atoms with van der Waals surface area (Å²) < 4.78 is 3.18. The number of likely N-dealkylation sites (tertiary alicyclic amines) is 1. The molecular formula is C21H28N4O2. The number of carbonyl (C=O) groups is 1. The van der Waals surface area contributed by atoms with E-state index in [4.69, 9.17) is 0 Å². The number of aromatic nitrogens is 3. The summed E-state index contributed by atoms with van der Waals surface area (Å²) in [5.41, 5.74) is 2.08. The predicted molar refractivity (Wildman–Crippen MR) is 104 cm³/mol. The van der Waals surface area contributed by atoms with Crippen molar-refractivity contribution < 1.29 is 4.79 Å². The van der Waals surface area contributed by atoms with Crippen LogP contribution in [0, 0.1) is 12.8 Å². The summed E-state index contributed by atoms with van der Waals surface area (Å²) >= 11 is 0. The lowest BCUT2D eigenvalue weighted by molar-refractivity contribution is -0.136. The second-order valence-electron chi connectivity index (χ2n) is 8.13. The number of fused-ring (bicyclic) bond motifs is 1. The van der Waals surface area contributed by atoms with Crippen molar-refractivity contribution in [2.24, 2.45) is 5.92 Å². The minimum atomic E-state index is -0.388. The highest BCUT2D eigenvalue weighted by atomic mass is 16.2. The van der Waals surface area contributed by atoms with E-state index in [0.717, 1.165) is 56.6 Å². The van der Waals surface area contributed by atoms with E-state index >= 15 is 0 Å². The molecule has 1 aromatic heterocycles. The quantitative estimate of drug-likeness (QED) is 0.836. The van der Waals surface area contributed by atoms with E-state index in [1.807, 2.05) is 36.1 Å². The number of carbonyl (C=O) groups excluding carboxylic acids is 1. The van der Waals surface area contributed by atoms with Crippen molar-refractivity contribution in [3.63, 3.8) is 0 Å². The van der Waals surface area contributed by atoms with E-state index in [-0.39, 0.29) is 17.6 Å². The number of nitrogens with zero attached hydrogens (tertiary/aromatic N) is 4. The lowest BCUT2D eigenvalue weighted by atomic mass is 9.97. The maximum atomic E-state index is 13.1. The Kier molecular flexibility index (Phi) is 4.89. The lowest BCUT2D eigenvalue weighted by Gasteiger charge is -2.34. The topological polar surface area (TPSA) is 60.1 Å². The van der Waals surface area contributed by atoms with Gasteiger partial charge in [-0.3, -0.25) is 9.36 Å². The summed E-state index contributed by atoms with van der Waals surface area (Å²) in [7, 11) is 0. The zero-order valence-corrected chi connectivity index (χ0v) is 16.2. The first kappa shape index (κ1) is 18.0. The van der Waals surface area contributed by atoms with Crippen LogP contribution in [0.3, 0.4) is 0 Å². The fraction of sp³-hybridized carbons (Fsp3) is 0.571. The number of hydrogen-bond donors (Lipinski definition) is 0. The van der Waals surface area contributed by atoms with Gasteiger partial charge >= 0.3 is 5.69 Å². The van der Waals surface area contributed by atoms with Gasteiger partial charge in [0.1, 0.15) is 11.9 Å². The van der Waals surface area contributed by atoms with E-state index in [1.165, 1.54) is 10.2 Å². The second kappa shape index (κ2) is 7.33. The first-order chi connectivity index (χ1) is 13.0. The van der Waals surface area contributed by atoms with E-state index in [1.54, 1.807) is 4.57 Å². The highest BCUT2D eigenvalue weighted by Gasteiger charge is 2.34. The van der Waals surface area contributed by atoms with Gasteiger partial charge in [0.05, 0.1) is 6.54 Å². The van der Waals surface area contributed by atoms with Crippen LogP contribution in [0.1, 0.15) is 55.6 Å². The highest BCUT2D eigenvalue weighted by Crippen LogP contribution is 2.26. The monoisotopic (exact) mass is 368 g/mol. The van der Waals surface area contributed by atoms with Gasteiger partial charge in [-0.25, -0.2) is 9.48 Å². The van der Waals surface area contributed by atoms with Gasteiger partial charge in [0.25, 0.3) is 0 Å². The van der Waals surface area contributed by atoms with Crippen LogP contribution in [0.25, 0.3) is 0 Å². The van der Waals surface area contributed by atoms with Crippen molar-refractivity contribution >= 4 is 5.91 Å². The summed E-state index contributed by atoms with van der Waals surface area (Å²) in [4.78, 5) is 28.1. The van der Waals surface area contributed by atoms with Crippen LogP contribution in [0.2, 0.25) is 0 Å². The summed E-state index contributed by atoms with van der Waals surface area (Å²) in [5, 5.41) is 4.55. The largest absolute Gasteiger partial charge is 0.346 e. The molecule has 2 aliphatic heterocycles. The molecule has 1 atom stereocenters. The third-order valence-electron chi connectivity index (χ3n) is 5.96. The van der Waals surface area contributed by atoms with Crippen molar-refractivity contribution in [1.82, 2.24) is 19.2 Å². The summed E-state index contributed by atoms with van der Waals surface area (Å²) in [6.45, 7) is 6.33. The molecule has 0 bridgehead atoms. The molecule has 27 heavy (non-hydrogen) atoms. The molecule has 144 valence electrons. The van der Waals surface area contributed by atoms with Gasteiger partial charge in [-0.2, -0.15) is 5.10 Å². The minimum absolute atomic E-state index is 0.0971. The standard InChI is InChI=1S/C21H28N4O2/c1-15-6-8-17(9-7-15)14-24-21(27)25-18(4-3-5-19(25)22-24)20(26)23-12-10-16(2)11-13-23/h6-9,16,18H,3-5,10-14H2,1-2H3/t18-/m1/s1. The van der Waals surface area contributed by atoms with Crippen LogP contribution in [0.5, 0.6) is 0 Å². The minimum Gasteiger partial charge on any atom is -0.341 e. The Morgan fingerprint density at radius 1 is 1.15 bits per heavy atom. The average Bonchev–Trinajstić information content (AvgIpc) is 2.99. The van der Waals surface area contributed by atoms with Crippen LogP contribution in [0.15, 0.2) is 29.1 Å². The highest BCUT2D eigenvalue weighted by molar-refractivity contribution is 5.80. The van der Waals surface area contributed by atoms with Gasteiger partial charge < -0.3 is 4.90 Å². The molecule has 0 N–H and O–H groups in total. The van der Waals surface area contributed by atoms with Gasteiger partial charge in [0, 0.05) is 19.5 Å². The molecule has 0 saturated carbocycles. The molecule has 1 fully saturated rings. The van der Waals surface area contributed by atoms with Crippen molar-refractivity contribution in [3.05, 3.63) is 51.7 Å². The molecule has 0 aliphatic carbocycles. The lowest BCUT2D eigenvalue weighted by Crippen LogP contribution is -2.45. The summed E-state index contributed by atoms with van der Waals surface area (Å²) in [5.74, 6) is 1.53. The number of amides is 1. The fourth-order valence-electron chi connectivity index (χ4n) is 4.17. The van der Waals surface area contributed by atoms with E-state index in [9.17, 15) is 9.59 Å². The second-order valence-corrected chi connectivity index (χ2v) is 8.13.